The number of fused-ring (bicyclic) bond motifs is 1. The van der Waals surface area contributed by atoms with Crippen LogP contribution in [0.15, 0.2) is 30.3 Å². The van der Waals surface area contributed by atoms with Crippen LogP contribution in [0.2, 0.25) is 5.02 Å². The predicted octanol–water partition coefficient (Wildman–Crippen LogP) is 6.32. The molecule has 0 amide bonds. The summed E-state index contributed by atoms with van der Waals surface area (Å²) in [5.74, 6) is -0.584. The number of nitrogens with one attached hydrogen (secondary N) is 1. The average Bonchev–Trinajstić information content (AvgIpc) is 3.25. The molecule has 0 bridgehead atoms. The van der Waals surface area contributed by atoms with Crippen molar-refractivity contribution < 1.29 is 14.6 Å². The number of carboxylic acid groups (broad SMARTS) is 1. The van der Waals surface area contributed by atoms with E-state index in [2.05, 4.69) is 39.1 Å². The molecule has 35 heavy (non-hydrogen) atoms. The number of aromatic nitrogens is 3. The molecule has 2 N–H and O–H groups in total. The molecule has 7 nitrogen and oxygen atoms in total. The number of rotatable bonds is 6. The molecule has 1 saturated carbocycles. The number of benzene rings is 1. The van der Waals surface area contributed by atoms with Gasteiger partial charge in [0.15, 0.2) is 5.65 Å². The highest BCUT2D eigenvalue weighted by Crippen LogP contribution is 2.39. The number of aliphatic carboxylic acids is 1. The minimum absolute atomic E-state index is 0.00804. The summed E-state index contributed by atoms with van der Waals surface area (Å²) in [5.41, 5.74) is 3.50. The second-order valence-corrected chi connectivity index (χ2v) is 10.9. The molecule has 5 rings (SSSR count). The highest BCUT2D eigenvalue weighted by Gasteiger charge is 2.39. The third-order valence-electron chi connectivity index (χ3n) is 7.79. The Labute approximate surface area is 210 Å². The first-order valence-electron chi connectivity index (χ1n) is 12.6. The Morgan fingerprint density at radius 1 is 1.09 bits per heavy atom. The molecule has 1 aromatic carbocycles. The third kappa shape index (κ3) is 4.96. The number of piperidine rings is 1. The van der Waals surface area contributed by atoms with Gasteiger partial charge in [0.05, 0.1) is 21.6 Å². The summed E-state index contributed by atoms with van der Waals surface area (Å²) < 4.78 is 6.13. The Balaban J connectivity index is 1.28. The fourth-order valence-corrected chi connectivity index (χ4v) is 5.63. The molecule has 3 aromatic rings. The number of aromatic amines is 1. The maximum absolute atomic E-state index is 11.6. The fraction of sp³-hybridized carbons (Fsp3) is 0.519. The second-order valence-electron chi connectivity index (χ2n) is 10.4. The molecule has 1 aliphatic carbocycles. The minimum Gasteiger partial charge on any atom is -0.481 e. The van der Waals surface area contributed by atoms with Crippen LogP contribution in [0.3, 0.4) is 0 Å². The zero-order valence-corrected chi connectivity index (χ0v) is 21.1. The van der Waals surface area contributed by atoms with E-state index in [4.69, 9.17) is 21.3 Å². The van der Waals surface area contributed by atoms with Crippen molar-refractivity contribution in [2.75, 3.05) is 18.0 Å². The average molecular weight is 497 g/mol. The topological polar surface area (TPSA) is 91.3 Å². The summed E-state index contributed by atoms with van der Waals surface area (Å²) in [6.07, 6.45) is 7.08. The summed E-state index contributed by atoms with van der Waals surface area (Å²) in [7, 11) is 0. The van der Waals surface area contributed by atoms with Crippen molar-refractivity contribution in [3.63, 3.8) is 0 Å². The van der Waals surface area contributed by atoms with E-state index in [9.17, 15) is 9.90 Å². The maximum Gasteiger partial charge on any atom is 0.309 e. The molecule has 1 aliphatic heterocycles. The first-order valence-corrected chi connectivity index (χ1v) is 13.0. The van der Waals surface area contributed by atoms with Crippen LogP contribution in [0.5, 0.6) is 6.01 Å². The smallest absolute Gasteiger partial charge is 0.309 e. The van der Waals surface area contributed by atoms with Gasteiger partial charge in [-0.1, -0.05) is 23.7 Å². The van der Waals surface area contributed by atoms with Gasteiger partial charge in [-0.05, 0) is 82.9 Å². The van der Waals surface area contributed by atoms with E-state index >= 15 is 0 Å². The van der Waals surface area contributed by atoms with E-state index in [-0.39, 0.29) is 12.0 Å². The van der Waals surface area contributed by atoms with Crippen molar-refractivity contribution in [2.45, 2.75) is 64.9 Å². The molecule has 8 heteroatoms. The van der Waals surface area contributed by atoms with E-state index in [1.165, 1.54) is 24.9 Å². The molecule has 0 radical (unpaired) electrons. The molecule has 2 fully saturated rings. The van der Waals surface area contributed by atoms with E-state index < -0.39 is 11.4 Å². The Morgan fingerprint density at radius 2 is 1.77 bits per heavy atom. The first kappa shape index (κ1) is 23.9. The van der Waals surface area contributed by atoms with Crippen LogP contribution < -0.4 is 9.64 Å². The number of halogens is 1. The van der Waals surface area contributed by atoms with Crippen LogP contribution >= 0.6 is 11.6 Å². The Kier molecular flexibility index (Phi) is 6.62. The van der Waals surface area contributed by atoms with Crippen LogP contribution in [0, 0.1) is 11.3 Å². The number of carboxylic acids is 1. The van der Waals surface area contributed by atoms with Gasteiger partial charge in [-0.25, -0.2) is 4.98 Å². The summed E-state index contributed by atoms with van der Waals surface area (Å²) in [5, 5.41) is 10.1. The quantitative estimate of drug-likeness (QED) is 0.415. The van der Waals surface area contributed by atoms with Gasteiger partial charge in [-0.15, -0.1) is 0 Å². The molecule has 2 aromatic heterocycles. The van der Waals surface area contributed by atoms with E-state index in [1.807, 2.05) is 19.9 Å². The first-order chi connectivity index (χ1) is 16.8. The number of imidazole rings is 1. The molecule has 0 atom stereocenters. The zero-order chi connectivity index (χ0) is 24.6. The van der Waals surface area contributed by atoms with Crippen molar-refractivity contribution >= 4 is 34.4 Å². The van der Waals surface area contributed by atoms with Gasteiger partial charge >= 0.3 is 5.97 Å². The maximum atomic E-state index is 11.6. The van der Waals surface area contributed by atoms with Crippen LogP contribution in [-0.4, -0.2) is 45.2 Å². The molecule has 3 heterocycles. The summed E-state index contributed by atoms with van der Waals surface area (Å²) in [4.78, 5) is 26.5. The number of pyridine rings is 1. The Morgan fingerprint density at radius 3 is 2.43 bits per heavy atom. The summed E-state index contributed by atoms with van der Waals surface area (Å²) in [6.45, 7) is 5.85. The fourth-order valence-electron chi connectivity index (χ4n) is 5.37. The second kappa shape index (κ2) is 9.69. The minimum atomic E-state index is -0.737. The molecule has 1 saturated heterocycles. The molecule has 0 spiro atoms. The highest BCUT2D eigenvalue weighted by molar-refractivity contribution is 6.33. The van der Waals surface area contributed by atoms with Crippen molar-refractivity contribution in [1.29, 1.82) is 0 Å². The number of hydrogen-bond acceptors (Lipinski definition) is 5. The predicted molar refractivity (Wildman–Crippen MR) is 138 cm³/mol. The van der Waals surface area contributed by atoms with E-state index in [0.717, 1.165) is 49.9 Å². The van der Waals surface area contributed by atoms with E-state index in [0.29, 0.717) is 22.4 Å². The third-order valence-corrected chi connectivity index (χ3v) is 8.08. The molecular formula is C27H33ClN4O3. The van der Waals surface area contributed by atoms with Gasteiger partial charge in [-0.2, -0.15) is 4.98 Å². The normalized spacial score (nSPS) is 21.3. The molecular weight excluding hydrogens is 464 g/mol. The lowest BCUT2D eigenvalue weighted by atomic mass is 9.70. The number of nitrogens with zero attached hydrogens (tertiary/aromatic N) is 3. The van der Waals surface area contributed by atoms with Gasteiger partial charge < -0.3 is 19.7 Å². The van der Waals surface area contributed by atoms with Gasteiger partial charge in [0.1, 0.15) is 6.10 Å². The lowest BCUT2D eigenvalue weighted by Gasteiger charge is -2.36. The van der Waals surface area contributed by atoms with Gasteiger partial charge in [0, 0.05) is 24.3 Å². The molecule has 186 valence electrons. The largest absolute Gasteiger partial charge is 0.481 e. The monoisotopic (exact) mass is 496 g/mol. The Bertz CT molecular complexity index is 1190. The summed E-state index contributed by atoms with van der Waals surface area (Å²) in [6, 6.07) is 10.7. The Hall–Kier alpha value is -2.80. The number of hydrogen-bond donors (Lipinski definition) is 2. The number of carbonyl (C=O) groups is 1. The lowest BCUT2D eigenvalue weighted by molar-refractivity contribution is -0.151. The van der Waals surface area contributed by atoms with Crippen molar-refractivity contribution in [2.24, 2.45) is 11.3 Å². The van der Waals surface area contributed by atoms with Crippen LogP contribution in [0.1, 0.15) is 58.8 Å². The highest BCUT2D eigenvalue weighted by atomic mass is 35.5. The lowest BCUT2D eigenvalue weighted by Crippen LogP contribution is -2.37. The van der Waals surface area contributed by atoms with Crippen molar-refractivity contribution in [3.8, 4) is 17.3 Å². The summed E-state index contributed by atoms with van der Waals surface area (Å²) >= 11 is 6.60. The number of H-pyrrole nitrogens is 1. The standard InChI is InChI=1S/C27H33ClN4O3/c1-27(2,25(33)34)18-8-12-20(13-9-18)35-26-29-22-16-21(28)23(30-24(22)31-26)17-6-10-19(11-7-17)32-14-4-3-5-15-32/h6-7,10-11,16,18,20H,3-5,8-9,12-15H2,1-2H3,(H,33,34)(H,29,30,31). The van der Waals surface area contributed by atoms with E-state index in [1.54, 1.807) is 0 Å². The van der Waals surface area contributed by atoms with Crippen molar-refractivity contribution in [3.05, 3.63) is 35.4 Å². The zero-order valence-electron chi connectivity index (χ0n) is 20.4. The van der Waals surface area contributed by atoms with Gasteiger partial charge in [0.2, 0.25) is 0 Å². The van der Waals surface area contributed by atoms with Gasteiger partial charge in [-0.3, -0.25) is 4.79 Å². The van der Waals surface area contributed by atoms with Crippen LogP contribution in [-0.2, 0) is 4.79 Å². The van der Waals surface area contributed by atoms with Crippen LogP contribution in [0.4, 0.5) is 5.69 Å². The number of ether oxygens (including phenoxy) is 1. The van der Waals surface area contributed by atoms with Crippen molar-refractivity contribution in [1.82, 2.24) is 15.0 Å². The SMILES string of the molecule is CC(C)(C(=O)O)C1CCC(Oc2nc3nc(-c4ccc(N5CCCCC5)cc4)c(Cl)cc3[nH]2)CC1. The van der Waals surface area contributed by atoms with Crippen LogP contribution in [0.25, 0.3) is 22.4 Å². The number of anilines is 1. The van der Waals surface area contributed by atoms with Gasteiger partial charge in [0.25, 0.3) is 6.01 Å². The molecule has 2 aliphatic rings. The molecule has 0 unspecified atom stereocenters.